The first-order chi connectivity index (χ1) is 32.5. The van der Waals surface area contributed by atoms with Gasteiger partial charge in [-0.05, 0) is 105 Å². The SMILES string of the molecule is NC(N)=NC(=O)c1ccc(C(=O)NCCOCCOc2c3c(c(OP(=O)([O-])O)c4c2[C@@H]2C[C@H]4c4cc5c(cc42)[C@@H]2C[C@H]5c4ccccc42)[C@H]2C[C@@H]3c3cc4c(cc32)[C@@H]2C[C@H]4c3ccccc32)[nH]1.[Na+]. The van der Waals surface area contributed by atoms with Crippen LogP contribution >= 0.6 is 7.82 Å². The summed E-state index contributed by atoms with van der Waals surface area (Å²) in [5, 5.41) is 2.80. The number of guanidine groups is 1. The molecule has 68 heavy (non-hydrogen) atoms. The first-order valence-corrected chi connectivity index (χ1v) is 24.8. The summed E-state index contributed by atoms with van der Waals surface area (Å²) in [6.45, 7) is 0.850. The van der Waals surface area contributed by atoms with E-state index in [1.807, 2.05) is 0 Å². The second kappa shape index (κ2) is 15.2. The first kappa shape index (κ1) is 42.6. The predicted molar refractivity (Wildman–Crippen MR) is 245 cm³/mol. The average Bonchev–Trinajstić information content (AvgIpc) is 4.19. The van der Waals surface area contributed by atoms with Gasteiger partial charge in [-0.3, -0.25) is 14.2 Å². The van der Waals surface area contributed by atoms with Gasteiger partial charge in [0.15, 0.2) is 5.96 Å². The Morgan fingerprint density at radius 3 is 1.47 bits per heavy atom. The van der Waals surface area contributed by atoms with Crippen LogP contribution in [0, 0.1) is 0 Å². The summed E-state index contributed by atoms with van der Waals surface area (Å²) < 4.78 is 32.0. The number of phosphoric acid groups is 1. The smallest absolute Gasteiger partial charge is 0.746 e. The van der Waals surface area contributed by atoms with E-state index in [0.717, 1.165) is 53.7 Å². The van der Waals surface area contributed by atoms with Gasteiger partial charge in [0, 0.05) is 76.1 Å². The van der Waals surface area contributed by atoms with Crippen molar-refractivity contribution in [2.24, 2.45) is 16.5 Å². The van der Waals surface area contributed by atoms with Crippen molar-refractivity contribution in [2.45, 2.75) is 73.0 Å². The number of nitrogens with two attached hydrogens (primary N) is 2. The zero-order chi connectivity index (χ0) is 45.2. The van der Waals surface area contributed by atoms with Gasteiger partial charge >= 0.3 is 37.4 Å². The maximum absolute atomic E-state index is 13.0. The van der Waals surface area contributed by atoms with Gasteiger partial charge in [0.05, 0.1) is 13.2 Å². The van der Waals surface area contributed by atoms with E-state index in [-0.39, 0.29) is 103 Å². The van der Waals surface area contributed by atoms with E-state index in [1.54, 1.807) is 0 Å². The summed E-state index contributed by atoms with van der Waals surface area (Å²) in [6.07, 6.45) is 3.66. The third-order valence-corrected chi connectivity index (χ3v) is 16.9. The number of nitrogens with one attached hydrogen (secondary N) is 2. The molecule has 0 spiro atoms. The second-order valence-corrected chi connectivity index (χ2v) is 20.7. The first-order valence-electron chi connectivity index (χ1n) is 23.3. The number of hydrogen-bond acceptors (Lipinski definition) is 7. The van der Waals surface area contributed by atoms with Gasteiger partial charge in [0.25, 0.3) is 11.8 Å². The van der Waals surface area contributed by atoms with Gasteiger partial charge in [0.2, 0.25) is 0 Å². The van der Waals surface area contributed by atoms with Crippen molar-refractivity contribution in [3.8, 4) is 11.5 Å². The van der Waals surface area contributed by atoms with Crippen molar-refractivity contribution >= 4 is 25.6 Å². The number of hydrogen-bond donors (Lipinski definition) is 5. The van der Waals surface area contributed by atoms with Gasteiger partial charge in [-0.2, -0.15) is 4.99 Å². The van der Waals surface area contributed by atoms with Crippen LogP contribution in [0.15, 0.2) is 89.9 Å². The van der Waals surface area contributed by atoms with Gasteiger partial charge < -0.3 is 45.6 Å². The Bertz CT molecular complexity index is 3160. The molecular formula is C53H45N5NaO8P. The fourth-order valence-electron chi connectivity index (χ4n) is 14.3. The number of benzene rings is 5. The standard InChI is InChI=1S/C53H46N5O8P.Na/c54-53(55)58-52(60)44-10-9-43(57-44)51(59)56-11-12-64-13-14-65-49-45-39-21-41(37-19-33-29-15-27(31(33)17-35(37)39)23-5-1-3-7-25(23)29)47(45)50(66-67(61,62)63)48-42-22-40(46(48)49)36-18-32-28-16-30(34(32)20-38(36)42)26-8-4-2-6-24(26)28;/h1-10,17-20,27-30,39-42,57H,11-16,21-22H2,(H,56,59)(H2,61,62,63)(H4,54,55,58,60);/q;+1/p-1/t27-,28+,29+,30-,39-,40-,41+,42+;/m1./s1. The van der Waals surface area contributed by atoms with E-state index >= 15 is 0 Å². The number of carbonyl (C=O) groups is 2. The molecule has 13 nitrogen and oxygen atoms in total. The molecule has 8 bridgehead atoms. The van der Waals surface area contributed by atoms with E-state index in [4.69, 9.17) is 25.5 Å². The number of aliphatic imine (C=N–C) groups is 1. The van der Waals surface area contributed by atoms with Crippen LogP contribution in [0.4, 0.5) is 0 Å². The minimum absolute atomic E-state index is 0. The summed E-state index contributed by atoms with van der Waals surface area (Å²) in [6, 6.07) is 30.2. The van der Waals surface area contributed by atoms with E-state index in [1.165, 1.54) is 78.9 Å². The second-order valence-electron chi connectivity index (χ2n) is 19.6. The summed E-state index contributed by atoms with van der Waals surface area (Å²) >= 11 is 0. The Morgan fingerprint density at radius 2 is 1.03 bits per heavy atom. The van der Waals surface area contributed by atoms with Gasteiger partial charge in [-0.1, -0.05) is 72.8 Å². The van der Waals surface area contributed by atoms with E-state index < -0.39 is 19.6 Å². The van der Waals surface area contributed by atoms with Crippen molar-refractivity contribution in [1.82, 2.24) is 10.3 Å². The normalized spacial score (nSPS) is 25.0. The molecule has 7 N–H and O–H groups in total. The number of amides is 2. The molecule has 0 fully saturated rings. The molecule has 9 atom stereocenters. The molecule has 1 unspecified atom stereocenters. The van der Waals surface area contributed by atoms with Gasteiger partial charge in [-0.15, -0.1) is 0 Å². The molecular weight excluding hydrogens is 889 g/mol. The largest absolute Gasteiger partial charge is 1.00 e. The van der Waals surface area contributed by atoms with Crippen LogP contribution in [0.5, 0.6) is 11.5 Å². The number of fused-ring (bicyclic) bond motifs is 32. The summed E-state index contributed by atoms with van der Waals surface area (Å²) in [4.78, 5) is 54.9. The molecule has 1 aromatic heterocycles. The van der Waals surface area contributed by atoms with Crippen molar-refractivity contribution in [1.29, 1.82) is 0 Å². The van der Waals surface area contributed by atoms with Crippen LogP contribution in [0.2, 0.25) is 0 Å². The van der Waals surface area contributed by atoms with Crippen molar-refractivity contribution in [3.05, 3.63) is 185 Å². The molecule has 15 heteroatoms. The van der Waals surface area contributed by atoms with Crippen LogP contribution in [-0.4, -0.2) is 54.0 Å². The van der Waals surface area contributed by atoms with E-state index in [0.29, 0.717) is 23.7 Å². The van der Waals surface area contributed by atoms with Crippen LogP contribution in [0.1, 0.15) is 183 Å². The third kappa shape index (κ3) is 6.03. The van der Waals surface area contributed by atoms with Crippen molar-refractivity contribution < 1.29 is 67.5 Å². The van der Waals surface area contributed by atoms with E-state index in [9.17, 15) is 23.9 Å². The zero-order valence-electron chi connectivity index (χ0n) is 37.2. The molecule has 0 radical (unpaired) electrons. The Morgan fingerprint density at radius 1 is 0.618 bits per heavy atom. The maximum atomic E-state index is 13.0. The van der Waals surface area contributed by atoms with Gasteiger partial charge in [0.1, 0.15) is 29.5 Å². The van der Waals surface area contributed by atoms with Crippen molar-refractivity contribution in [2.75, 3.05) is 26.4 Å². The Kier molecular flexibility index (Phi) is 9.55. The van der Waals surface area contributed by atoms with E-state index in [2.05, 4.69) is 88.1 Å². The summed E-state index contributed by atoms with van der Waals surface area (Å²) in [7, 11) is -5.24. The molecule has 0 saturated carbocycles. The summed E-state index contributed by atoms with van der Waals surface area (Å²) in [5.74, 6) is 0.627. The van der Waals surface area contributed by atoms with Crippen LogP contribution in [0.25, 0.3) is 0 Å². The third-order valence-electron chi connectivity index (χ3n) is 16.5. The Labute approximate surface area is 413 Å². The Balaban J connectivity index is 0.00000457. The molecule has 0 saturated heterocycles. The number of phosphoric ester groups is 1. The predicted octanol–water partition coefficient (Wildman–Crippen LogP) is 4.02. The number of H-pyrrole nitrogens is 1. The quantitative estimate of drug-likeness (QED) is 0.0414. The molecule has 2 amide bonds. The fraction of sp³-hybridized carbons (Fsp3) is 0.302. The Hall–Kier alpha value is -5.50. The number of ether oxygens (including phenoxy) is 2. The fourth-order valence-corrected chi connectivity index (χ4v) is 14.7. The maximum Gasteiger partial charge on any atom is 1.00 e. The molecule has 0 aliphatic heterocycles. The number of aromatic amines is 1. The molecule has 6 aromatic rings. The van der Waals surface area contributed by atoms with Crippen molar-refractivity contribution in [3.63, 3.8) is 0 Å². The van der Waals surface area contributed by atoms with Gasteiger partial charge in [-0.25, -0.2) is 0 Å². The number of carbonyl (C=O) groups excluding carboxylic acids is 2. The van der Waals surface area contributed by atoms with Crippen LogP contribution in [0.3, 0.4) is 0 Å². The molecule has 5 aromatic carbocycles. The topological polar surface area (TPSA) is 214 Å². The van der Waals surface area contributed by atoms with Crippen LogP contribution in [-0.2, 0) is 9.30 Å². The average molecular weight is 934 g/mol. The molecule has 1 heterocycles. The number of aromatic nitrogens is 1. The molecule has 14 rings (SSSR count). The zero-order valence-corrected chi connectivity index (χ0v) is 40.1. The minimum Gasteiger partial charge on any atom is -0.746 e. The van der Waals surface area contributed by atoms with Crippen LogP contribution < -0.4 is 60.5 Å². The molecule has 336 valence electrons. The number of nitrogens with zero attached hydrogens (tertiary/aromatic N) is 1. The number of rotatable bonds is 11. The molecule has 8 aliphatic carbocycles. The summed E-state index contributed by atoms with van der Waals surface area (Å²) in [5.41, 5.74) is 30.6. The molecule has 8 aliphatic rings. The monoisotopic (exact) mass is 933 g/mol. The minimum atomic E-state index is -5.24.